The Balaban J connectivity index is 1.81. The maximum absolute atomic E-state index is 13.2. The van der Waals surface area contributed by atoms with Crippen LogP contribution in [0.25, 0.3) is 5.82 Å². The zero-order valence-electron chi connectivity index (χ0n) is 13.0. The maximum Gasteiger partial charge on any atom is 0.337 e. The van der Waals surface area contributed by atoms with Gasteiger partial charge >= 0.3 is 5.97 Å². The number of nitrogens with one attached hydrogen (secondary N) is 1. The molecule has 3 aromatic rings. The summed E-state index contributed by atoms with van der Waals surface area (Å²) in [6, 6.07) is 9.51. The first kappa shape index (κ1) is 16.8. The lowest BCUT2D eigenvalue weighted by Crippen LogP contribution is -2.17. The van der Waals surface area contributed by atoms with Crippen LogP contribution >= 0.6 is 0 Å². The summed E-state index contributed by atoms with van der Waals surface area (Å²) in [6.07, 6.45) is 3.18. The van der Waals surface area contributed by atoms with E-state index in [4.69, 9.17) is 10.4 Å². The molecule has 0 fully saturated rings. The number of nitriles is 1. The average Bonchev–Trinajstić information content (AvgIpc) is 3.12. The lowest BCUT2D eigenvalue weighted by molar-refractivity contribution is 0.0697. The van der Waals surface area contributed by atoms with E-state index in [1.54, 1.807) is 23.0 Å². The predicted octanol–water partition coefficient (Wildman–Crippen LogP) is 2.23. The molecule has 0 radical (unpaired) electrons. The van der Waals surface area contributed by atoms with E-state index in [2.05, 4.69) is 15.5 Å². The van der Waals surface area contributed by atoms with Crippen molar-refractivity contribution in [2.24, 2.45) is 0 Å². The number of nitrogens with zero attached hydrogens (tertiary/aromatic N) is 4. The van der Waals surface area contributed by atoms with Crippen molar-refractivity contribution in [2.75, 3.05) is 5.32 Å². The molecule has 9 heteroatoms. The summed E-state index contributed by atoms with van der Waals surface area (Å²) in [5.41, 5.74) is -0.0358. The van der Waals surface area contributed by atoms with E-state index < -0.39 is 17.7 Å². The van der Waals surface area contributed by atoms with Gasteiger partial charge in [-0.2, -0.15) is 5.26 Å². The number of carbonyl (C=O) groups excluding carboxylic acids is 1. The molecule has 0 aliphatic heterocycles. The van der Waals surface area contributed by atoms with Crippen molar-refractivity contribution in [3.63, 3.8) is 0 Å². The van der Waals surface area contributed by atoms with Gasteiger partial charge in [-0.3, -0.25) is 4.79 Å². The van der Waals surface area contributed by atoms with Gasteiger partial charge in [0.2, 0.25) is 0 Å². The summed E-state index contributed by atoms with van der Waals surface area (Å²) < 4.78 is 14.7. The van der Waals surface area contributed by atoms with E-state index in [0.29, 0.717) is 11.4 Å². The Kier molecular flexibility index (Phi) is 4.40. The number of hydrogen-bond donors (Lipinski definition) is 2. The molecule has 2 N–H and O–H groups in total. The Hall–Kier alpha value is -4.06. The topological polar surface area (TPSA) is 121 Å². The number of rotatable bonds is 4. The molecule has 0 atom stereocenters. The van der Waals surface area contributed by atoms with Crippen LogP contribution < -0.4 is 5.32 Å². The van der Waals surface area contributed by atoms with Gasteiger partial charge in [0.25, 0.3) is 5.91 Å². The third-order valence-electron chi connectivity index (χ3n) is 3.43. The normalized spacial score (nSPS) is 10.2. The molecule has 3 rings (SSSR count). The maximum atomic E-state index is 13.2. The minimum absolute atomic E-state index is 0.0536. The molecule has 0 aliphatic rings. The molecule has 0 spiro atoms. The molecule has 0 saturated heterocycles. The molecule has 0 bridgehead atoms. The number of carboxylic acids is 1. The number of aromatic carboxylic acids is 1. The van der Waals surface area contributed by atoms with Gasteiger partial charge in [-0.1, -0.05) is 0 Å². The lowest BCUT2D eigenvalue weighted by Gasteiger charge is -2.08. The fourth-order valence-corrected chi connectivity index (χ4v) is 2.18. The Bertz CT molecular complexity index is 1040. The Labute approximate surface area is 146 Å². The molecular weight excluding hydrogens is 341 g/mol. The highest BCUT2D eigenvalue weighted by molar-refractivity contribution is 6.06. The Morgan fingerprint density at radius 1 is 1.19 bits per heavy atom. The van der Waals surface area contributed by atoms with Crippen LogP contribution in [0, 0.1) is 17.1 Å². The first-order valence-electron chi connectivity index (χ1n) is 7.24. The number of halogens is 1. The number of hydrogen-bond acceptors (Lipinski definition) is 5. The van der Waals surface area contributed by atoms with Gasteiger partial charge in [-0.15, -0.1) is 10.2 Å². The summed E-state index contributed by atoms with van der Waals surface area (Å²) in [4.78, 5) is 23.4. The number of carboxylic acid groups (broad SMARTS) is 1. The fourth-order valence-electron chi connectivity index (χ4n) is 2.18. The van der Waals surface area contributed by atoms with Crippen LogP contribution in [0.3, 0.4) is 0 Å². The van der Waals surface area contributed by atoms with Crippen LogP contribution in [-0.4, -0.2) is 31.7 Å². The molecule has 2 aromatic heterocycles. The molecule has 1 amide bonds. The first-order chi connectivity index (χ1) is 12.5. The third-order valence-corrected chi connectivity index (χ3v) is 3.43. The van der Waals surface area contributed by atoms with Crippen molar-refractivity contribution in [1.82, 2.24) is 14.8 Å². The first-order valence-corrected chi connectivity index (χ1v) is 7.24. The van der Waals surface area contributed by atoms with Gasteiger partial charge in [-0.05, 0) is 36.4 Å². The van der Waals surface area contributed by atoms with Crippen molar-refractivity contribution in [3.05, 3.63) is 71.4 Å². The van der Waals surface area contributed by atoms with Gasteiger partial charge < -0.3 is 15.0 Å². The number of amides is 1. The molecular formula is C17H10FN5O3. The van der Waals surface area contributed by atoms with Crippen molar-refractivity contribution < 1.29 is 19.1 Å². The monoisotopic (exact) mass is 351 g/mol. The van der Waals surface area contributed by atoms with Gasteiger partial charge in [0.1, 0.15) is 11.9 Å². The largest absolute Gasteiger partial charge is 0.478 e. The second-order valence-corrected chi connectivity index (χ2v) is 5.15. The smallest absolute Gasteiger partial charge is 0.337 e. The van der Waals surface area contributed by atoms with Crippen LogP contribution in [0.1, 0.15) is 26.4 Å². The molecule has 2 heterocycles. The average molecular weight is 351 g/mol. The van der Waals surface area contributed by atoms with Crippen LogP contribution in [0.2, 0.25) is 0 Å². The standard InChI is InChI=1S/C17H10FN5O3/c18-11-1-2-13(12(7-11)17(25)26)20-16(24)14-3-4-15(22-21-14)23-6-5-10(8-19)9-23/h1-7,9H,(H,20,24)(H,25,26). The van der Waals surface area contributed by atoms with Crippen LogP contribution in [0.4, 0.5) is 10.1 Å². The number of aromatic nitrogens is 3. The van der Waals surface area contributed by atoms with E-state index in [0.717, 1.165) is 18.2 Å². The van der Waals surface area contributed by atoms with E-state index in [9.17, 15) is 14.0 Å². The van der Waals surface area contributed by atoms with Crippen molar-refractivity contribution in [1.29, 1.82) is 5.26 Å². The number of benzene rings is 1. The summed E-state index contributed by atoms with van der Waals surface area (Å²) >= 11 is 0. The van der Waals surface area contributed by atoms with E-state index in [1.165, 1.54) is 12.1 Å². The van der Waals surface area contributed by atoms with Gasteiger partial charge in [0, 0.05) is 12.4 Å². The summed E-state index contributed by atoms with van der Waals surface area (Å²) in [5, 5.41) is 28.0. The highest BCUT2D eigenvalue weighted by Gasteiger charge is 2.16. The molecule has 0 unspecified atom stereocenters. The van der Waals surface area contributed by atoms with Crippen molar-refractivity contribution in [3.8, 4) is 11.9 Å². The van der Waals surface area contributed by atoms with E-state index in [1.807, 2.05) is 6.07 Å². The van der Waals surface area contributed by atoms with Crippen LogP contribution in [0.5, 0.6) is 0 Å². The van der Waals surface area contributed by atoms with Gasteiger partial charge in [0.15, 0.2) is 11.5 Å². The molecule has 128 valence electrons. The summed E-state index contributed by atoms with van der Waals surface area (Å²) in [6.45, 7) is 0. The van der Waals surface area contributed by atoms with Gasteiger partial charge in [0.05, 0.1) is 16.8 Å². The highest BCUT2D eigenvalue weighted by Crippen LogP contribution is 2.18. The minimum atomic E-state index is -1.37. The zero-order valence-corrected chi connectivity index (χ0v) is 13.0. The van der Waals surface area contributed by atoms with Crippen molar-refractivity contribution >= 4 is 17.6 Å². The lowest BCUT2D eigenvalue weighted by atomic mass is 10.1. The molecule has 26 heavy (non-hydrogen) atoms. The minimum Gasteiger partial charge on any atom is -0.478 e. The van der Waals surface area contributed by atoms with Crippen LogP contribution in [-0.2, 0) is 0 Å². The molecule has 8 nitrogen and oxygen atoms in total. The molecule has 0 saturated carbocycles. The Morgan fingerprint density at radius 2 is 2.00 bits per heavy atom. The predicted molar refractivity (Wildman–Crippen MR) is 87.4 cm³/mol. The number of carbonyl (C=O) groups is 2. The third kappa shape index (κ3) is 3.39. The summed E-state index contributed by atoms with van der Waals surface area (Å²) in [7, 11) is 0. The molecule has 1 aromatic carbocycles. The second kappa shape index (κ2) is 6.82. The quantitative estimate of drug-likeness (QED) is 0.743. The highest BCUT2D eigenvalue weighted by atomic mass is 19.1. The zero-order chi connectivity index (χ0) is 18.7. The Morgan fingerprint density at radius 3 is 2.62 bits per heavy atom. The fraction of sp³-hybridized carbons (Fsp3) is 0. The van der Waals surface area contributed by atoms with Crippen LogP contribution in [0.15, 0.2) is 48.8 Å². The SMILES string of the molecule is N#Cc1ccn(-c2ccc(C(=O)Nc3ccc(F)cc3C(=O)O)nn2)c1. The van der Waals surface area contributed by atoms with E-state index >= 15 is 0 Å². The van der Waals surface area contributed by atoms with E-state index in [-0.39, 0.29) is 16.9 Å². The molecule has 0 aliphatic carbocycles. The summed E-state index contributed by atoms with van der Waals surface area (Å²) in [5.74, 6) is -2.39. The van der Waals surface area contributed by atoms with Gasteiger partial charge in [-0.25, -0.2) is 9.18 Å². The van der Waals surface area contributed by atoms with Crippen molar-refractivity contribution in [2.45, 2.75) is 0 Å². The number of anilines is 1. The second-order valence-electron chi connectivity index (χ2n) is 5.15.